The smallest absolute Gasteiger partial charge is 0.0468 e. The topological polar surface area (TPSA) is 24.1 Å². The van der Waals surface area contributed by atoms with Crippen molar-refractivity contribution < 1.29 is 0 Å². The van der Waals surface area contributed by atoms with Crippen LogP contribution in [0.1, 0.15) is 39.0 Å². The molecule has 2 fully saturated rings. The fourth-order valence-electron chi connectivity index (χ4n) is 2.12. The summed E-state index contributed by atoms with van der Waals surface area (Å²) in [4.78, 5) is 0. The molecule has 74 valence electrons. The van der Waals surface area contributed by atoms with Crippen LogP contribution in [0.15, 0.2) is 11.3 Å². The van der Waals surface area contributed by atoms with E-state index in [0.717, 1.165) is 6.54 Å². The van der Waals surface area contributed by atoms with Gasteiger partial charge in [0.1, 0.15) is 0 Å². The number of nitrogens with one attached hydrogen (secondary N) is 2. The van der Waals surface area contributed by atoms with Gasteiger partial charge in [-0.05, 0) is 44.2 Å². The molecule has 0 spiro atoms. The molecule has 2 N–H and O–H groups in total. The van der Waals surface area contributed by atoms with Gasteiger partial charge in [0.15, 0.2) is 0 Å². The molecule has 2 rings (SSSR count). The van der Waals surface area contributed by atoms with Crippen molar-refractivity contribution >= 4 is 0 Å². The van der Waals surface area contributed by atoms with E-state index in [1.54, 1.807) is 11.3 Å². The lowest BCUT2D eigenvalue weighted by Gasteiger charge is -2.19. The van der Waals surface area contributed by atoms with Gasteiger partial charge in [-0.25, -0.2) is 0 Å². The van der Waals surface area contributed by atoms with Crippen molar-refractivity contribution in [3.05, 3.63) is 11.3 Å². The normalized spacial score (nSPS) is 28.2. The van der Waals surface area contributed by atoms with Crippen LogP contribution in [0.3, 0.4) is 0 Å². The Bertz CT molecular complexity index is 202. The van der Waals surface area contributed by atoms with E-state index in [2.05, 4.69) is 17.6 Å². The molecule has 13 heavy (non-hydrogen) atoms. The summed E-state index contributed by atoms with van der Waals surface area (Å²) in [6, 6.07) is 0.630. The van der Waals surface area contributed by atoms with Crippen LogP contribution in [0.2, 0.25) is 0 Å². The molecular formula is C11H20N2. The Morgan fingerprint density at radius 1 is 1.38 bits per heavy atom. The molecule has 0 amide bonds. The summed E-state index contributed by atoms with van der Waals surface area (Å²) in [7, 11) is 0. The maximum absolute atomic E-state index is 3.60. The maximum Gasteiger partial charge on any atom is 0.0468 e. The monoisotopic (exact) mass is 180 g/mol. The number of rotatable bonds is 2. The highest BCUT2D eigenvalue weighted by atomic mass is 15.0. The Hall–Kier alpha value is -0.500. The molecule has 0 aromatic carbocycles. The molecule has 1 atom stereocenters. The number of hydrogen-bond donors (Lipinski definition) is 2. The van der Waals surface area contributed by atoms with Gasteiger partial charge in [0.25, 0.3) is 0 Å². The molecule has 1 saturated carbocycles. The lowest BCUT2D eigenvalue weighted by Crippen LogP contribution is -2.35. The van der Waals surface area contributed by atoms with Gasteiger partial charge in [0.2, 0.25) is 0 Å². The molecular weight excluding hydrogens is 160 g/mol. The average molecular weight is 180 g/mol. The summed E-state index contributed by atoms with van der Waals surface area (Å²) < 4.78 is 0. The summed E-state index contributed by atoms with van der Waals surface area (Å²) >= 11 is 0. The fourth-order valence-corrected chi connectivity index (χ4v) is 2.12. The van der Waals surface area contributed by atoms with Crippen LogP contribution < -0.4 is 10.6 Å². The van der Waals surface area contributed by atoms with Crippen molar-refractivity contribution in [2.75, 3.05) is 13.1 Å². The highest BCUT2D eigenvalue weighted by molar-refractivity contribution is 5.28. The zero-order valence-electron chi connectivity index (χ0n) is 8.53. The lowest BCUT2D eigenvalue weighted by atomic mass is 10.1. The van der Waals surface area contributed by atoms with Gasteiger partial charge in [0, 0.05) is 18.3 Å². The van der Waals surface area contributed by atoms with Gasteiger partial charge in [-0.2, -0.15) is 0 Å². The summed E-state index contributed by atoms with van der Waals surface area (Å²) in [5.74, 6) is 0. The SMILES string of the molecule is CCNC1CCCCNC1=C1CC1. The van der Waals surface area contributed by atoms with E-state index >= 15 is 0 Å². The summed E-state index contributed by atoms with van der Waals surface area (Å²) in [6.45, 7) is 4.46. The Morgan fingerprint density at radius 2 is 2.23 bits per heavy atom. The van der Waals surface area contributed by atoms with Crippen molar-refractivity contribution in [3.8, 4) is 0 Å². The molecule has 2 aliphatic rings. The predicted octanol–water partition coefficient (Wildman–Crippen LogP) is 1.79. The molecule has 0 aromatic rings. The molecule has 1 heterocycles. The van der Waals surface area contributed by atoms with Crippen LogP contribution in [-0.4, -0.2) is 19.1 Å². The average Bonchev–Trinajstić information content (AvgIpc) is 2.88. The Kier molecular flexibility index (Phi) is 2.89. The van der Waals surface area contributed by atoms with Gasteiger partial charge in [-0.1, -0.05) is 6.92 Å². The second kappa shape index (κ2) is 4.14. The summed E-state index contributed by atoms with van der Waals surface area (Å²) in [5, 5.41) is 7.17. The van der Waals surface area contributed by atoms with Crippen LogP contribution in [0.25, 0.3) is 0 Å². The van der Waals surface area contributed by atoms with Crippen LogP contribution in [0, 0.1) is 0 Å². The van der Waals surface area contributed by atoms with E-state index in [0.29, 0.717) is 6.04 Å². The first-order chi connectivity index (χ1) is 6.42. The van der Waals surface area contributed by atoms with Crippen molar-refractivity contribution in [1.29, 1.82) is 0 Å². The first kappa shape index (κ1) is 9.07. The standard InChI is InChI=1S/C11H20N2/c1-2-12-10-5-3-4-8-13-11(10)9-6-7-9/h10,12-13H,2-8H2,1H3. The largest absolute Gasteiger partial charge is 0.387 e. The second-order valence-corrected chi connectivity index (χ2v) is 4.05. The van der Waals surface area contributed by atoms with Crippen molar-refractivity contribution in [2.45, 2.75) is 45.1 Å². The first-order valence-corrected chi connectivity index (χ1v) is 5.61. The summed E-state index contributed by atoms with van der Waals surface area (Å²) in [6.07, 6.45) is 6.69. The van der Waals surface area contributed by atoms with Crippen molar-refractivity contribution in [3.63, 3.8) is 0 Å². The van der Waals surface area contributed by atoms with Crippen LogP contribution >= 0.6 is 0 Å². The molecule has 1 saturated heterocycles. The molecule has 1 unspecified atom stereocenters. The van der Waals surface area contributed by atoms with E-state index in [1.807, 2.05) is 0 Å². The zero-order valence-corrected chi connectivity index (χ0v) is 8.53. The minimum atomic E-state index is 0.630. The molecule has 2 heteroatoms. The highest BCUT2D eigenvalue weighted by Gasteiger charge is 2.24. The molecule has 0 radical (unpaired) electrons. The quantitative estimate of drug-likeness (QED) is 0.677. The second-order valence-electron chi connectivity index (χ2n) is 4.05. The molecule has 2 nitrogen and oxygen atoms in total. The number of likely N-dealkylation sites (N-methyl/N-ethyl adjacent to an activating group) is 1. The van der Waals surface area contributed by atoms with E-state index in [-0.39, 0.29) is 0 Å². The van der Waals surface area contributed by atoms with Gasteiger partial charge < -0.3 is 10.6 Å². The molecule has 1 aliphatic carbocycles. The first-order valence-electron chi connectivity index (χ1n) is 5.61. The van der Waals surface area contributed by atoms with Crippen LogP contribution in [0.5, 0.6) is 0 Å². The zero-order chi connectivity index (χ0) is 9.10. The van der Waals surface area contributed by atoms with E-state index in [1.165, 1.54) is 38.6 Å². The number of hydrogen-bond acceptors (Lipinski definition) is 2. The Balaban J connectivity index is 2.05. The van der Waals surface area contributed by atoms with Crippen LogP contribution in [-0.2, 0) is 0 Å². The van der Waals surface area contributed by atoms with Crippen molar-refractivity contribution in [2.24, 2.45) is 0 Å². The lowest BCUT2D eigenvalue weighted by molar-refractivity contribution is 0.537. The van der Waals surface area contributed by atoms with Gasteiger partial charge >= 0.3 is 0 Å². The third-order valence-corrected chi connectivity index (χ3v) is 2.91. The third kappa shape index (κ3) is 2.25. The molecule has 0 aromatic heterocycles. The van der Waals surface area contributed by atoms with E-state index in [4.69, 9.17) is 0 Å². The minimum Gasteiger partial charge on any atom is -0.387 e. The highest BCUT2D eigenvalue weighted by Crippen LogP contribution is 2.33. The van der Waals surface area contributed by atoms with Gasteiger partial charge in [-0.15, -0.1) is 0 Å². The third-order valence-electron chi connectivity index (χ3n) is 2.91. The Morgan fingerprint density at radius 3 is 2.92 bits per heavy atom. The van der Waals surface area contributed by atoms with E-state index < -0.39 is 0 Å². The van der Waals surface area contributed by atoms with Crippen molar-refractivity contribution in [1.82, 2.24) is 10.6 Å². The van der Waals surface area contributed by atoms with E-state index in [9.17, 15) is 0 Å². The Labute approximate surface area is 80.8 Å². The fraction of sp³-hybridized carbons (Fsp3) is 0.818. The predicted molar refractivity (Wildman–Crippen MR) is 55.6 cm³/mol. The minimum absolute atomic E-state index is 0.630. The van der Waals surface area contributed by atoms with Crippen LogP contribution in [0.4, 0.5) is 0 Å². The molecule has 1 aliphatic heterocycles. The number of allylic oxidation sites excluding steroid dienone is 1. The summed E-state index contributed by atoms with van der Waals surface area (Å²) in [5.41, 5.74) is 3.22. The van der Waals surface area contributed by atoms with Gasteiger partial charge in [-0.3, -0.25) is 0 Å². The maximum atomic E-state index is 3.60. The molecule has 0 bridgehead atoms. The van der Waals surface area contributed by atoms with Gasteiger partial charge in [0.05, 0.1) is 0 Å².